The summed E-state index contributed by atoms with van der Waals surface area (Å²) in [6.45, 7) is 1.13. The molecular weight excluding hydrogens is 364 g/mol. The largest absolute Gasteiger partial charge is 0.355 e. The van der Waals surface area contributed by atoms with Gasteiger partial charge in [-0.2, -0.15) is 5.10 Å². The highest BCUT2D eigenvalue weighted by Crippen LogP contribution is 2.34. The molecule has 0 bridgehead atoms. The van der Waals surface area contributed by atoms with E-state index in [1.165, 1.54) is 5.56 Å². The van der Waals surface area contributed by atoms with Gasteiger partial charge in [-0.15, -0.1) is 0 Å². The molecule has 4 aromatic rings. The van der Waals surface area contributed by atoms with E-state index in [1.54, 1.807) is 10.7 Å². The second-order valence-electron chi connectivity index (χ2n) is 7.33. The third-order valence-corrected chi connectivity index (χ3v) is 5.40. The molecule has 6 heteroatoms. The molecular formula is C23H20N4O2. The van der Waals surface area contributed by atoms with Crippen LogP contribution in [0.4, 0.5) is 0 Å². The number of nitrogens with zero attached hydrogens (tertiary/aromatic N) is 4. The highest BCUT2D eigenvalue weighted by atomic mass is 16.5. The lowest BCUT2D eigenvalue weighted by Crippen LogP contribution is -2.38. The minimum Gasteiger partial charge on any atom is -0.355 e. The second-order valence-corrected chi connectivity index (χ2v) is 7.33. The Morgan fingerprint density at radius 2 is 1.90 bits per heavy atom. The number of hydrogen-bond donors (Lipinski definition) is 0. The summed E-state index contributed by atoms with van der Waals surface area (Å²) in [7, 11) is 1.90. The van der Waals surface area contributed by atoms with E-state index in [0.717, 1.165) is 16.7 Å². The van der Waals surface area contributed by atoms with Crippen LogP contribution in [0.5, 0.6) is 0 Å². The first-order valence-corrected chi connectivity index (χ1v) is 9.57. The highest BCUT2D eigenvalue weighted by molar-refractivity contribution is 5.93. The predicted octanol–water partition coefficient (Wildman–Crippen LogP) is 3.86. The van der Waals surface area contributed by atoms with Crippen LogP contribution in [0.3, 0.4) is 0 Å². The smallest absolute Gasteiger partial charge is 0.276 e. The zero-order valence-corrected chi connectivity index (χ0v) is 16.0. The van der Waals surface area contributed by atoms with E-state index < -0.39 is 0 Å². The molecule has 2 aromatic heterocycles. The van der Waals surface area contributed by atoms with Crippen molar-refractivity contribution in [1.82, 2.24) is 19.8 Å². The van der Waals surface area contributed by atoms with Gasteiger partial charge in [0.2, 0.25) is 0 Å². The lowest BCUT2D eigenvalue weighted by Gasteiger charge is -2.34. The number of aromatic nitrogens is 3. The van der Waals surface area contributed by atoms with Crippen LogP contribution in [0.25, 0.3) is 11.3 Å². The van der Waals surface area contributed by atoms with Crippen LogP contribution in [-0.4, -0.2) is 32.3 Å². The molecule has 0 saturated carbocycles. The molecule has 0 saturated heterocycles. The van der Waals surface area contributed by atoms with Crippen LogP contribution in [0.15, 0.2) is 77.6 Å². The minimum atomic E-state index is -0.126. The zero-order valence-electron chi connectivity index (χ0n) is 16.0. The van der Waals surface area contributed by atoms with Gasteiger partial charge in [0.05, 0.1) is 6.20 Å². The summed E-state index contributed by atoms with van der Waals surface area (Å²) in [6.07, 6.45) is 3.89. The molecule has 0 spiro atoms. The average molecular weight is 384 g/mol. The van der Waals surface area contributed by atoms with E-state index in [2.05, 4.69) is 22.4 Å². The van der Waals surface area contributed by atoms with Gasteiger partial charge in [0, 0.05) is 43.9 Å². The number of benzene rings is 2. The number of aryl methyl sites for hydroxylation is 1. The minimum absolute atomic E-state index is 0.0816. The molecule has 144 valence electrons. The van der Waals surface area contributed by atoms with Crippen LogP contribution >= 0.6 is 0 Å². The quantitative estimate of drug-likeness (QED) is 0.538. The van der Waals surface area contributed by atoms with Gasteiger partial charge in [-0.05, 0) is 16.7 Å². The Kier molecular flexibility index (Phi) is 4.24. The Balaban J connectivity index is 1.46. The summed E-state index contributed by atoms with van der Waals surface area (Å²) in [5.74, 6) is 0.549. The first-order chi connectivity index (χ1) is 14.2. The molecule has 3 heterocycles. The van der Waals surface area contributed by atoms with Gasteiger partial charge in [-0.1, -0.05) is 59.8 Å². The topological polar surface area (TPSA) is 64.2 Å². The molecule has 5 rings (SSSR count). The van der Waals surface area contributed by atoms with Gasteiger partial charge in [0.15, 0.2) is 11.5 Å². The van der Waals surface area contributed by atoms with Crippen molar-refractivity contribution in [2.45, 2.75) is 12.5 Å². The summed E-state index contributed by atoms with van der Waals surface area (Å²) in [5.41, 5.74) is 4.72. The van der Waals surface area contributed by atoms with E-state index in [4.69, 9.17) is 4.52 Å². The molecule has 29 heavy (non-hydrogen) atoms. The van der Waals surface area contributed by atoms with Crippen LogP contribution in [0.1, 0.15) is 33.1 Å². The maximum atomic E-state index is 13.2. The number of carbonyl (C=O) groups is 1. The lowest BCUT2D eigenvalue weighted by atomic mass is 9.86. The second kappa shape index (κ2) is 7.05. The fourth-order valence-electron chi connectivity index (χ4n) is 3.94. The fraction of sp³-hybridized carbons (Fsp3) is 0.174. The van der Waals surface area contributed by atoms with Crippen LogP contribution in [0.2, 0.25) is 0 Å². The zero-order chi connectivity index (χ0) is 19.8. The van der Waals surface area contributed by atoms with Gasteiger partial charge < -0.3 is 9.42 Å². The Hall–Kier alpha value is -3.67. The maximum absolute atomic E-state index is 13.2. The number of hydrogen-bond acceptors (Lipinski definition) is 4. The SMILES string of the molecule is Cn1cc(C2CN(C(=O)c3cc(-c4ccccc4)on3)Cc3ccccc32)cn1. The Morgan fingerprint density at radius 3 is 2.69 bits per heavy atom. The van der Waals surface area contributed by atoms with E-state index in [9.17, 15) is 4.79 Å². The van der Waals surface area contributed by atoms with Crippen molar-refractivity contribution in [3.63, 3.8) is 0 Å². The van der Waals surface area contributed by atoms with Crippen LogP contribution in [0, 0.1) is 0 Å². The molecule has 0 N–H and O–H groups in total. The van der Waals surface area contributed by atoms with Crippen LogP contribution < -0.4 is 0 Å². The monoisotopic (exact) mass is 384 g/mol. The Morgan fingerprint density at radius 1 is 1.10 bits per heavy atom. The molecule has 6 nitrogen and oxygen atoms in total. The molecule has 1 aliphatic rings. The summed E-state index contributed by atoms with van der Waals surface area (Å²) in [5, 5.41) is 8.36. The lowest BCUT2D eigenvalue weighted by molar-refractivity contribution is 0.0714. The van der Waals surface area contributed by atoms with Crippen molar-refractivity contribution in [2.24, 2.45) is 7.05 Å². The summed E-state index contributed by atoms with van der Waals surface area (Å²) in [6, 6.07) is 19.7. The molecule has 0 aliphatic carbocycles. The van der Waals surface area contributed by atoms with Gasteiger partial charge >= 0.3 is 0 Å². The maximum Gasteiger partial charge on any atom is 0.276 e. The molecule has 0 fully saturated rings. The first kappa shape index (κ1) is 17.4. The van der Waals surface area contributed by atoms with Gasteiger partial charge in [-0.3, -0.25) is 9.48 Å². The molecule has 1 atom stereocenters. The summed E-state index contributed by atoms with van der Waals surface area (Å²) >= 11 is 0. The molecule has 1 unspecified atom stereocenters. The number of rotatable bonds is 3. The van der Waals surface area contributed by atoms with Crippen molar-refractivity contribution in [1.29, 1.82) is 0 Å². The van der Waals surface area contributed by atoms with E-state index in [-0.39, 0.29) is 11.8 Å². The molecule has 2 aromatic carbocycles. The molecule has 1 amide bonds. The standard InChI is InChI=1S/C23H20N4O2/c1-26-13-18(12-24-26)20-15-27(14-17-9-5-6-10-19(17)20)23(28)21-11-22(29-25-21)16-7-3-2-4-8-16/h2-13,20H,14-15H2,1H3. The van der Waals surface area contributed by atoms with Gasteiger partial charge in [0.25, 0.3) is 5.91 Å². The first-order valence-electron chi connectivity index (χ1n) is 9.57. The number of carbonyl (C=O) groups excluding carboxylic acids is 1. The highest BCUT2D eigenvalue weighted by Gasteiger charge is 2.31. The van der Waals surface area contributed by atoms with Crippen molar-refractivity contribution in [3.8, 4) is 11.3 Å². The summed E-state index contributed by atoms with van der Waals surface area (Å²) in [4.78, 5) is 15.1. The van der Waals surface area contributed by atoms with E-state index >= 15 is 0 Å². The van der Waals surface area contributed by atoms with Crippen molar-refractivity contribution in [2.75, 3.05) is 6.54 Å². The van der Waals surface area contributed by atoms with Crippen molar-refractivity contribution >= 4 is 5.91 Å². The van der Waals surface area contributed by atoms with Gasteiger partial charge in [0.1, 0.15) is 0 Å². The van der Waals surface area contributed by atoms with Crippen molar-refractivity contribution < 1.29 is 9.32 Å². The fourth-order valence-corrected chi connectivity index (χ4v) is 3.94. The normalized spacial score (nSPS) is 15.9. The summed E-state index contributed by atoms with van der Waals surface area (Å²) < 4.78 is 7.23. The van der Waals surface area contributed by atoms with E-state index in [1.807, 2.05) is 66.8 Å². The molecule has 0 radical (unpaired) electrons. The third-order valence-electron chi connectivity index (χ3n) is 5.40. The predicted molar refractivity (Wildman–Crippen MR) is 108 cm³/mol. The number of amides is 1. The third kappa shape index (κ3) is 3.23. The van der Waals surface area contributed by atoms with Crippen LogP contribution in [-0.2, 0) is 13.6 Å². The Labute approximate surface area is 168 Å². The number of fused-ring (bicyclic) bond motifs is 1. The average Bonchev–Trinajstić information content (AvgIpc) is 3.42. The van der Waals surface area contributed by atoms with E-state index in [0.29, 0.717) is 24.5 Å². The van der Waals surface area contributed by atoms with Crippen molar-refractivity contribution in [3.05, 3.63) is 95.4 Å². The Bertz CT molecular complexity index is 1160. The van der Waals surface area contributed by atoms with Gasteiger partial charge in [-0.25, -0.2) is 0 Å². The molecule has 1 aliphatic heterocycles.